The number of benzene rings is 2. The molecule has 0 saturated heterocycles. The quantitative estimate of drug-likeness (QED) is 0.649. The molecular weight excluding hydrogens is 404 g/mol. The lowest BCUT2D eigenvalue weighted by Crippen LogP contribution is -2.50. The lowest BCUT2D eigenvalue weighted by atomic mass is 10.1. The van der Waals surface area contributed by atoms with Gasteiger partial charge >= 0.3 is 0 Å². The van der Waals surface area contributed by atoms with E-state index in [-0.39, 0.29) is 12.5 Å². The summed E-state index contributed by atoms with van der Waals surface area (Å²) in [6, 6.07) is 13.1. The van der Waals surface area contributed by atoms with Crippen LogP contribution in [0.4, 0.5) is 5.69 Å². The van der Waals surface area contributed by atoms with Crippen LogP contribution < -0.4 is 19.1 Å². The van der Waals surface area contributed by atoms with Crippen molar-refractivity contribution in [1.82, 2.24) is 5.32 Å². The molecule has 30 heavy (non-hydrogen) atoms. The fourth-order valence-corrected chi connectivity index (χ4v) is 4.33. The maximum Gasteiger partial charge on any atom is 0.263 e. The maximum atomic E-state index is 12.6. The number of amides is 1. The van der Waals surface area contributed by atoms with E-state index < -0.39 is 16.1 Å². The number of carbonyl (C=O) groups is 1. The summed E-state index contributed by atoms with van der Waals surface area (Å²) in [7, 11) is -3.53. The first-order valence-electron chi connectivity index (χ1n) is 10.0. The third-order valence-corrected chi connectivity index (χ3v) is 6.02. The second-order valence-electron chi connectivity index (χ2n) is 7.31. The van der Waals surface area contributed by atoms with Crippen LogP contribution in [-0.2, 0) is 21.2 Å². The van der Waals surface area contributed by atoms with E-state index in [4.69, 9.17) is 9.47 Å². The van der Waals surface area contributed by atoms with Crippen LogP contribution in [0.1, 0.15) is 24.5 Å². The zero-order valence-corrected chi connectivity index (χ0v) is 18.4. The highest BCUT2D eigenvalue weighted by Crippen LogP contribution is 2.35. The molecule has 1 heterocycles. The second-order valence-corrected chi connectivity index (χ2v) is 9.21. The number of nitrogens with one attached hydrogen (secondary N) is 1. The third kappa shape index (κ3) is 5.24. The van der Waals surface area contributed by atoms with Crippen molar-refractivity contribution in [2.75, 3.05) is 30.3 Å². The Hall–Kier alpha value is -2.74. The summed E-state index contributed by atoms with van der Waals surface area (Å²) in [6.45, 7) is 4.83. The Balaban J connectivity index is 1.60. The molecule has 0 unspecified atom stereocenters. The predicted octanol–water partition coefficient (Wildman–Crippen LogP) is 2.67. The van der Waals surface area contributed by atoms with E-state index in [9.17, 15) is 13.2 Å². The van der Waals surface area contributed by atoms with Crippen molar-refractivity contribution in [3.63, 3.8) is 0 Å². The zero-order valence-electron chi connectivity index (χ0n) is 17.6. The summed E-state index contributed by atoms with van der Waals surface area (Å²) in [5.41, 5.74) is 2.48. The zero-order chi connectivity index (χ0) is 21.7. The molecule has 0 bridgehead atoms. The Morgan fingerprint density at radius 1 is 1.27 bits per heavy atom. The molecule has 3 rings (SSSR count). The molecular formula is C22H28N2O5S. The van der Waals surface area contributed by atoms with Gasteiger partial charge in [0, 0.05) is 6.54 Å². The molecule has 0 radical (unpaired) electrons. The summed E-state index contributed by atoms with van der Waals surface area (Å²) in [5, 5.41) is 2.86. The van der Waals surface area contributed by atoms with Crippen molar-refractivity contribution < 1.29 is 22.7 Å². The molecule has 2 aromatic rings. The minimum Gasteiger partial charge on any atom is -0.494 e. The van der Waals surface area contributed by atoms with Crippen LogP contribution in [0.5, 0.6) is 11.5 Å². The maximum absolute atomic E-state index is 12.6. The highest BCUT2D eigenvalue weighted by molar-refractivity contribution is 7.92. The number of hydrogen-bond acceptors (Lipinski definition) is 5. The highest BCUT2D eigenvalue weighted by atomic mass is 32.2. The summed E-state index contributed by atoms with van der Waals surface area (Å²) >= 11 is 0. The molecule has 0 spiro atoms. The average Bonchev–Trinajstić information content (AvgIpc) is 2.70. The van der Waals surface area contributed by atoms with Crippen molar-refractivity contribution in [2.24, 2.45) is 0 Å². The number of hydrogen-bond donors (Lipinski definition) is 1. The minimum atomic E-state index is -3.53. The molecule has 1 aliphatic heterocycles. The number of carbonyl (C=O) groups excluding carboxylic acids is 1. The first kappa shape index (κ1) is 22.0. The van der Waals surface area contributed by atoms with Gasteiger partial charge in [0.15, 0.2) is 6.10 Å². The van der Waals surface area contributed by atoms with E-state index in [1.54, 1.807) is 12.1 Å². The first-order valence-corrected chi connectivity index (χ1v) is 11.9. The molecule has 2 aromatic carbocycles. The van der Waals surface area contributed by atoms with Gasteiger partial charge in [-0.1, -0.05) is 24.3 Å². The van der Waals surface area contributed by atoms with E-state index in [1.807, 2.05) is 44.2 Å². The van der Waals surface area contributed by atoms with Crippen LogP contribution in [0.15, 0.2) is 42.5 Å². The molecule has 1 aliphatic rings. The van der Waals surface area contributed by atoms with Gasteiger partial charge in [-0.25, -0.2) is 8.42 Å². The van der Waals surface area contributed by atoms with Crippen LogP contribution in [0.3, 0.4) is 0 Å². The van der Waals surface area contributed by atoms with Crippen LogP contribution in [0.2, 0.25) is 0 Å². The van der Waals surface area contributed by atoms with Gasteiger partial charge in [0.25, 0.3) is 5.91 Å². The molecule has 1 atom stereocenters. The van der Waals surface area contributed by atoms with Crippen molar-refractivity contribution in [3.05, 3.63) is 53.6 Å². The van der Waals surface area contributed by atoms with E-state index in [0.717, 1.165) is 36.0 Å². The Kier molecular flexibility index (Phi) is 6.87. The van der Waals surface area contributed by atoms with E-state index in [2.05, 4.69) is 5.32 Å². The molecule has 0 saturated carbocycles. The Labute approximate surface area is 178 Å². The predicted molar refractivity (Wildman–Crippen MR) is 117 cm³/mol. The SMILES string of the molecule is CCOc1ccccc1CCCNC(=O)[C@H]1CN(S(C)(=O)=O)c2cc(C)ccc2O1. The standard InChI is InChI=1S/C22H28N2O5S/c1-4-28-19-10-6-5-8-17(19)9-7-13-23-22(25)21-15-24(30(3,26)27)18-14-16(2)11-12-20(18)29-21/h5-6,8,10-12,14,21H,4,7,9,13,15H2,1-3H3,(H,23,25)/t21-/m1/s1. The van der Waals surface area contributed by atoms with Crippen molar-refractivity contribution >= 4 is 21.6 Å². The molecule has 1 N–H and O–H groups in total. The topological polar surface area (TPSA) is 84.9 Å². The summed E-state index contributed by atoms with van der Waals surface area (Å²) < 4.78 is 37.2. The van der Waals surface area contributed by atoms with E-state index >= 15 is 0 Å². The molecule has 8 heteroatoms. The Bertz CT molecular complexity index is 1010. The van der Waals surface area contributed by atoms with Gasteiger partial charge in [-0.3, -0.25) is 9.10 Å². The fourth-order valence-electron chi connectivity index (χ4n) is 3.42. The van der Waals surface area contributed by atoms with Crippen molar-refractivity contribution in [1.29, 1.82) is 0 Å². The van der Waals surface area contributed by atoms with Gasteiger partial charge in [-0.05, 0) is 56.0 Å². The van der Waals surface area contributed by atoms with Crippen LogP contribution in [-0.4, -0.2) is 46.4 Å². The Morgan fingerprint density at radius 3 is 2.77 bits per heavy atom. The fraction of sp³-hybridized carbons (Fsp3) is 0.409. The lowest BCUT2D eigenvalue weighted by molar-refractivity contribution is -0.127. The third-order valence-electron chi connectivity index (χ3n) is 4.87. The number of sulfonamides is 1. The summed E-state index contributed by atoms with van der Waals surface area (Å²) in [6.07, 6.45) is 1.73. The number of anilines is 1. The van der Waals surface area contributed by atoms with Crippen LogP contribution >= 0.6 is 0 Å². The van der Waals surface area contributed by atoms with Gasteiger partial charge in [-0.15, -0.1) is 0 Å². The van der Waals surface area contributed by atoms with E-state index in [1.165, 1.54) is 4.31 Å². The molecule has 7 nitrogen and oxygen atoms in total. The van der Waals surface area contributed by atoms with Gasteiger partial charge in [0.05, 0.1) is 25.1 Å². The number of ether oxygens (including phenoxy) is 2. The number of fused-ring (bicyclic) bond motifs is 1. The Morgan fingerprint density at radius 2 is 2.03 bits per heavy atom. The highest BCUT2D eigenvalue weighted by Gasteiger charge is 2.34. The average molecular weight is 433 g/mol. The van der Waals surface area contributed by atoms with Gasteiger partial charge < -0.3 is 14.8 Å². The lowest BCUT2D eigenvalue weighted by Gasteiger charge is -2.34. The smallest absolute Gasteiger partial charge is 0.263 e. The first-order chi connectivity index (χ1) is 14.3. The monoisotopic (exact) mass is 432 g/mol. The molecule has 0 aromatic heterocycles. The summed E-state index contributed by atoms with van der Waals surface area (Å²) in [5.74, 6) is 0.925. The number of rotatable bonds is 8. The molecule has 0 aliphatic carbocycles. The van der Waals surface area contributed by atoms with Crippen molar-refractivity contribution in [3.8, 4) is 11.5 Å². The number of para-hydroxylation sites is 1. The largest absolute Gasteiger partial charge is 0.494 e. The van der Waals surface area contributed by atoms with Crippen LogP contribution in [0.25, 0.3) is 0 Å². The molecule has 0 fully saturated rings. The van der Waals surface area contributed by atoms with Gasteiger partial charge in [0.2, 0.25) is 10.0 Å². The number of aryl methyl sites for hydroxylation is 2. The van der Waals surface area contributed by atoms with Gasteiger partial charge in [-0.2, -0.15) is 0 Å². The molecule has 1 amide bonds. The van der Waals surface area contributed by atoms with E-state index in [0.29, 0.717) is 24.6 Å². The van der Waals surface area contributed by atoms with Crippen molar-refractivity contribution in [2.45, 2.75) is 32.8 Å². The minimum absolute atomic E-state index is 0.0473. The van der Waals surface area contributed by atoms with Gasteiger partial charge in [0.1, 0.15) is 11.5 Å². The number of nitrogens with zero attached hydrogens (tertiary/aromatic N) is 1. The molecule has 162 valence electrons. The second kappa shape index (κ2) is 9.38. The summed E-state index contributed by atoms with van der Waals surface area (Å²) in [4.78, 5) is 12.6. The van der Waals surface area contributed by atoms with Crippen LogP contribution in [0, 0.1) is 6.92 Å². The normalized spacial score (nSPS) is 15.8.